The van der Waals surface area contributed by atoms with Gasteiger partial charge >= 0.3 is 0 Å². The largest absolute Gasteiger partial charge is 0.744 e. The first-order valence-corrected chi connectivity index (χ1v) is 31.9. The number of hydrogen-bond donors (Lipinski definition) is 4. The van der Waals surface area contributed by atoms with Gasteiger partial charge in [0.05, 0.1) is 55.6 Å². The van der Waals surface area contributed by atoms with Crippen molar-refractivity contribution in [3.05, 3.63) is 107 Å². The molecule has 0 saturated heterocycles. The number of anilines is 1. The minimum Gasteiger partial charge on any atom is -0.744 e. The van der Waals surface area contributed by atoms with E-state index in [1.807, 2.05) is 52.0 Å². The lowest BCUT2D eigenvalue weighted by Gasteiger charge is -2.26. The van der Waals surface area contributed by atoms with E-state index in [4.69, 9.17) is 18.4 Å². The lowest BCUT2D eigenvalue weighted by atomic mass is 9.80. The van der Waals surface area contributed by atoms with E-state index in [0.29, 0.717) is 119 Å². The first-order chi connectivity index (χ1) is 37.1. The Morgan fingerprint density at radius 1 is 0.747 bits per heavy atom. The highest BCUT2D eigenvalue weighted by Gasteiger charge is 2.41. The monoisotopic (exact) mass is 1180 g/mol. The molecular weight excluding hydrogens is 1110 g/mol. The molecule has 0 bridgehead atoms. The molecule has 0 fully saturated rings. The number of quaternary nitrogens is 1. The van der Waals surface area contributed by atoms with Gasteiger partial charge in [0.2, 0.25) is 5.91 Å². The van der Waals surface area contributed by atoms with Gasteiger partial charge < -0.3 is 34.3 Å². The smallest absolute Gasteiger partial charge is 0.296 e. The van der Waals surface area contributed by atoms with Crippen LogP contribution < -0.4 is 15.5 Å². The zero-order chi connectivity index (χ0) is 58.5. The van der Waals surface area contributed by atoms with Crippen LogP contribution in [0.4, 0.5) is 11.4 Å². The van der Waals surface area contributed by atoms with E-state index in [1.54, 1.807) is 28.4 Å². The van der Waals surface area contributed by atoms with Gasteiger partial charge in [0.15, 0.2) is 0 Å². The zero-order valence-electron chi connectivity index (χ0n) is 45.5. The number of rotatable bonds is 37. The second kappa shape index (κ2) is 30.7. The minimum absolute atomic E-state index is 0.0614. The first-order valence-electron chi connectivity index (χ1n) is 25.9. The highest BCUT2D eigenvalue weighted by molar-refractivity contribution is 7.87. The molecule has 79 heavy (non-hydrogen) atoms. The Balaban J connectivity index is 1.36. The maximum atomic E-state index is 12.7. The molecule has 0 aliphatic carbocycles. The van der Waals surface area contributed by atoms with Gasteiger partial charge in [-0.1, -0.05) is 70.9 Å². The van der Waals surface area contributed by atoms with Crippen molar-refractivity contribution in [3.8, 4) is 0 Å². The van der Waals surface area contributed by atoms with Crippen molar-refractivity contribution in [1.29, 1.82) is 0 Å². The molecule has 440 valence electrons. The number of imide groups is 1. The van der Waals surface area contributed by atoms with E-state index in [-0.39, 0.29) is 35.7 Å². The fourth-order valence-electron chi connectivity index (χ4n) is 8.80. The molecular formula is C53H76N4O18S4. The van der Waals surface area contributed by atoms with E-state index in [0.717, 1.165) is 38.0 Å². The van der Waals surface area contributed by atoms with Crippen molar-refractivity contribution in [1.82, 2.24) is 10.2 Å². The number of fused-ring (bicyclic) bond motifs is 1. The molecule has 0 saturated carbocycles. The zero-order valence-corrected chi connectivity index (χ0v) is 48.7. The molecule has 2 aromatic rings. The summed E-state index contributed by atoms with van der Waals surface area (Å²) in [5.74, 6) is -1.84. The lowest BCUT2D eigenvalue weighted by molar-refractivity contribution is -0.567. The van der Waals surface area contributed by atoms with Crippen molar-refractivity contribution in [2.45, 2.75) is 106 Å². The molecule has 0 unspecified atom stereocenters. The molecule has 26 heteroatoms. The number of allylic oxidation sites excluding steroid dienone is 8. The summed E-state index contributed by atoms with van der Waals surface area (Å²) in [6.45, 7) is 10.4. The van der Waals surface area contributed by atoms with E-state index in [9.17, 15) is 61.7 Å². The molecule has 3 amide bonds. The summed E-state index contributed by atoms with van der Waals surface area (Å²) in [5.41, 5.74) is 2.04. The number of benzene rings is 2. The Hall–Kier alpha value is -4.97. The first kappa shape index (κ1) is 66.5. The number of amides is 3. The molecule has 0 aromatic heterocycles. The van der Waals surface area contributed by atoms with Gasteiger partial charge in [-0.15, -0.1) is 0 Å². The maximum Gasteiger partial charge on any atom is 0.296 e. The van der Waals surface area contributed by atoms with Gasteiger partial charge in [0, 0.05) is 79.9 Å². The average Bonchev–Trinajstić information content (AvgIpc) is 3.84. The molecule has 2 aliphatic rings. The molecule has 2 aromatic carbocycles. The van der Waals surface area contributed by atoms with Gasteiger partial charge in [-0.3, -0.25) is 32.6 Å². The molecule has 5 N–H and O–H groups in total. The summed E-state index contributed by atoms with van der Waals surface area (Å²) in [6, 6.07) is 8.30. The maximum absolute atomic E-state index is 12.7. The number of nitrogens with one attached hydrogen (secondary N) is 1. The van der Waals surface area contributed by atoms with Crippen molar-refractivity contribution >= 4 is 69.6 Å². The number of carbonyl (C=O) groups excluding carboxylic acids is 3. The second-order valence-corrected chi connectivity index (χ2v) is 26.2. The highest BCUT2D eigenvalue weighted by atomic mass is 32.2. The average molecular weight is 1190 g/mol. The fourth-order valence-corrected chi connectivity index (χ4v) is 10.8. The van der Waals surface area contributed by atoms with Crippen LogP contribution >= 0.6 is 0 Å². The summed E-state index contributed by atoms with van der Waals surface area (Å²) in [7, 11) is -16.5. The lowest BCUT2D eigenvalue weighted by Crippen LogP contribution is -2.80. The second-order valence-electron chi connectivity index (χ2n) is 20.0. The summed E-state index contributed by atoms with van der Waals surface area (Å²) in [5, 5.41) is 4.48. The van der Waals surface area contributed by atoms with Crippen LogP contribution in [-0.2, 0) is 84.1 Å². The quantitative estimate of drug-likeness (QED) is 0.0181. The molecule has 2 heterocycles. The fraction of sp³-hybridized carbons (Fsp3) is 0.528. The summed E-state index contributed by atoms with van der Waals surface area (Å²) < 4.78 is 148. The molecule has 22 nitrogen and oxygen atoms in total. The van der Waals surface area contributed by atoms with Gasteiger partial charge in [0.25, 0.3) is 42.2 Å². The third-order valence-corrected chi connectivity index (χ3v) is 16.6. The number of nitrogens with zero attached hydrogens (tertiary/aromatic N) is 2. The topological polar surface area (TPSA) is 323 Å². The van der Waals surface area contributed by atoms with Crippen LogP contribution in [0.5, 0.6) is 0 Å². The Labute approximate surface area is 465 Å². The van der Waals surface area contributed by atoms with Crippen LogP contribution in [0, 0.1) is 0 Å². The van der Waals surface area contributed by atoms with Crippen LogP contribution in [-0.4, -0.2) is 154 Å². The molecule has 0 radical (unpaired) electrons. The van der Waals surface area contributed by atoms with Crippen LogP contribution in [0.15, 0.2) is 106 Å². The number of nitrogens with two attached hydrogens (primary N) is 1. The third kappa shape index (κ3) is 22.5. The predicted molar refractivity (Wildman–Crippen MR) is 295 cm³/mol. The van der Waals surface area contributed by atoms with Crippen molar-refractivity contribution in [3.63, 3.8) is 0 Å². The van der Waals surface area contributed by atoms with E-state index < -0.39 is 67.7 Å². The molecule has 0 spiro atoms. The number of unbranched alkanes of at least 4 members (excludes halogenated alkanes) is 3. The molecule has 2 aliphatic heterocycles. The SMILES string of the molecule is COS(=O)(=O)c1ccc2c(c1)C(C)(C)C(=CC=CC(=CC=CCC(C)(C)c1cc(S(=O)(=O)[O-])ccc1[NH2+]CCS(=O)(=O)O)CCCCCCC(=O)NCCCOCCOCCOCCCN1C(=O)C=CC1=O)N2CCS(=O)(=O)O. The van der Waals surface area contributed by atoms with Crippen molar-refractivity contribution in [2.75, 3.05) is 89.3 Å². The Morgan fingerprint density at radius 2 is 1.35 bits per heavy atom. The van der Waals surface area contributed by atoms with Gasteiger partial charge in [-0.05, 0) is 91.5 Å². The standard InChI is InChI=1S/C53H76N4O18S4/c1-52(2,44-39-42(78(67,68)69)20-22-46(44)54-28-37-76(61,62)63)26-11-10-16-41(17-12-18-48-53(3,4)45-40-43(79(70,71)72-5)21-23-47(45)56(48)30-38-77(64,65)66)15-8-6-7-9-19-49(58)55-27-13-31-73-33-35-75-36-34-74-32-14-29-57-50(59)24-25-51(57)60/h10-12,16-18,20-25,39-40,54H,6-9,13-15,19,26-38H2,1-5H3,(H,55,58)(H,61,62,63)(H,64,65,66)(H,67,68,69). The number of carbonyl (C=O) groups is 3. The Bertz CT molecular complexity index is 3020. The molecule has 4 rings (SSSR count). The van der Waals surface area contributed by atoms with Crippen molar-refractivity contribution < 1.29 is 85.4 Å². The van der Waals surface area contributed by atoms with E-state index in [1.165, 1.54) is 41.3 Å². The van der Waals surface area contributed by atoms with Gasteiger partial charge in [-0.2, -0.15) is 25.3 Å². The highest BCUT2D eigenvalue weighted by Crippen LogP contribution is 2.48. The van der Waals surface area contributed by atoms with Crippen LogP contribution in [0.2, 0.25) is 0 Å². The normalized spacial score (nSPS) is 15.9. The van der Waals surface area contributed by atoms with Crippen LogP contribution in [0.3, 0.4) is 0 Å². The van der Waals surface area contributed by atoms with Crippen LogP contribution in [0.25, 0.3) is 0 Å². The van der Waals surface area contributed by atoms with Gasteiger partial charge in [0.1, 0.15) is 21.6 Å². The number of ether oxygens (including phenoxy) is 3. The predicted octanol–water partition coefficient (Wildman–Crippen LogP) is 4.50. The summed E-state index contributed by atoms with van der Waals surface area (Å²) >= 11 is 0. The summed E-state index contributed by atoms with van der Waals surface area (Å²) in [6.07, 6.45) is 19.1. The number of hydrogen-bond acceptors (Lipinski definition) is 17. The Morgan fingerprint density at radius 3 is 1.97 bits per heavy atom. The van der Waals surface area contributed by atoms with Crippen LogP contribution in [0.1, 0.15) is 96.6 Å². The van der Waals surface area contributed by atoms with E-state index in [2.05, 4.69) is 5.32 Å². The Kier molecular flexibility index (Phi) is 25.9. The van der Waals surface area contributed by atoms with Crippen molar-refractivity contribution in [2.24, 2.45) is 0 Å². The molecule has 0 atom stereocenters. The van der Waals surface area contributed by atoms with E-state index >= 15 is 0 Å². The van der Waals surface area contributed by atoms with Gasteiger partial charge in [-0.25, -0.2) is 8.42 Å². The minimum atomic E-state index is -4.83. The summed E-state index contributed by atoms with van der Waals surface area (Å²) in [4.78, 5) is 38.1. The third-order valence-electron chi connectivity index (χ3n) is 13.1.